The summed E-state index contributed by atoms with van der Waals surface area (Å²) >= 11 is 0. The summed E-state index contributed by atoms with van der Waals surface area (Å²) in [4.78, 5) is 60.8. The Kier molecular flexibility index (Phi) is 9.38. The van der Waals surface area contributed by atoms with E-state index < -0.39 is 74.1 Å². The van der Waals surface area contributed by atoms with Crippen LogP contribution in [0.2, 0.25) is 0 Å². The van der Waals surface area contributed by atoms with Gasteiger partial charge in [0.15, 0.2) is 0 Å². The maximum atomic E-state index is 14.4. The number of benzene rings is 1. The first-order valence-electron chi connectivity index (χ1n) is 17.0. The van der Waals surface area contributed by atoms with E-state index in [1.165, 1.54) is 11.0 Å². The molecule has 1 saturated heterocycles. The van der Waals surface area contributed by atoms with E-state index in [-0.39, 0.29) is 26.0 Å². The molecular formula is C35H45N5O8S. The van der Waals surface area contributed by atoms with E-state index in [1.807, 2.05) is 18.2 Å². The lowest BCUT2D eigenvalue weighted by Crippen LogP contribution is -2.60. The van der Waals surface area contributed by atoms with Gasteiger partial charge in [-0.05, 0) is 73.4 Å². The first-order valence-corrected chi connectivity index (χ1v) is 18.6. The van der Waals surface area contributed by atoms with Crippen molar-refractivity contribution >= 4 is 44.6 Å². The smallest absolute Gasteiger partial charge is 0.407 e. The average molecular weight is 696 g/mol. The number of nitrogens with one attached hydrogen (secondary N) is 3. The number of rotatable bonds is 6. The highest BCUT2D eigenvalue weighted by Crippen LogP contribution is 2.45. The zero-order valence-electron chi connectivity index (χ0n) is 28.2. The van der Waals surface area contributed by atoms with Crippen LogP contribution in [0.25, 0.3) is 10.8 Å². The van der Waals surface area contributed by atoms with Crippen LogP contribution in [-0.4, -0.2) is 84.2 Å². The number of hydrogen-bond acceptors (Lipinski definition) is 9. The van der Waals surface area contributed by atoms with Gasteiger partial charge in [-0.15, -0.1) is 6.58 Å². The predicted octanol–water partition coefficient (Wildman–Crippen LogP) is 3.12. The van der Waals surface area contributed by atoms with Gasteiger partial charge in [0.25, 0.3) is 5.91 Å². The number of ether oxygens (including phenoxy) is 2. The van der Waals surface area contributed by atoms with Gasteiger partial charge in [-0.3, -0.25) is 19.1 Å². The minimum atomic E-state index is -3.88. The Hall–Kier alpha value is -4.20. The summed E-state index contributed by atoms with van der Waals surface area (Å²) in [7, 11) is -3.88. The fraction of sp³-hybridized carbons (Fsp3) is 0.571. The first kappa shape index (κ1) is 34.7. The third-order valence-electron chi connectivity index (χ3n) is 9.89. The van der Waals surface area contributed by atoms with Crippen molar-refractivity contribution in [1.82, 2.24) is 25.2 Å². The Balaban J connectivity index is 1.32. The number of cyclic esters (lactones) is 1. The second-order valence-corrected chi connectivity index (χ2v) is 16.7. The molecule has 2 aliphatic heterocycles. The van der Waals surface area contributed by atoms with E-state index in [0.29, 0.717) is 25.1 Å². The van der Waals surface area contributed by atoms with Crippen molar-refractivity contribution in [3.8, 4) is 5.88 Å². The molecule has 5 atom stereocenters. The lowest BCUT2D eigenvalue weighted by Gasteiger charge is -2.35. The van der Waals surface area contributed by atoms with Gasteiger partial charge in [0.05, 0.1) is 18.4 Å². The first-order chi connectivity index (χ1) is 23.2. The van der Waals surface area contributed by atoms with E-state index in [2.05, 4.69) is 33.0 Å². The van der Waals surface area contributed by atoms with E-state index in [1.54, 1.807) is 27.0 Å². The maximum Gasteiger partial charge on any atom is 0.407 e. The molecule has 6 rings (SSSR count). The molecule has 0 radical (unpaired) electrons. The fourth-order valence-electron chi connectivity index (χ4n) is 6.74. The Morgan fingerprint density at radius 2 is 1.92 bits per heavy atom. The molecule has 49 heavy (non-hydrogen) atoms. The maximum absolute atomic E-state index is 14.4. The number of alkyl carbamates (subject to hydrolysis) is 1. The largest absolute Gasteiger partial charge is 0.472 e. The fourth-order valence-corrected chi connectivity index (χ4v) is 8.10. The summed E-state index contributed by atoms with van der Waals surface area (Å²) in [5.41, 5.74) is -1.19. The lowest BCUT2D eigenvalue weighted by atomic mass is 9.85. The molecule has 264 valence electrons. The van der Waals surface area contributed by atoms with Crippen LogP contribution in [0.5, 0.6) is 5.88 Å². The van der Waals surface area contributed by atoms with Gasteiger partial charge in [0, 0.05) is 23.9 Å². The summed E-state index contributed by atoms with van der Waals surface area (Å²) in [5, 5.41) is 6.65. The number of hydrogen-bond donors (Lipinski definition) is 3. The van der Waals surface area contributed by atoms with Crippen LogP contribution in [0, 0.1) is 11.3 Å². The van der Waals surface area contributed by atoms with Gasteiger partial charge < -0.3 is 25.0 Å². The van der Waals surface area contributed by atoms with Gasteiger partial charge >= 0.3 is 6.09 Å². The highest BCUT2D eigenvalue weighted by atomic mass is 32.2. The molecule has 2 saturated carbocycles. The van der Waals surface area contributed by atoms with Crippen LogP contribution in [-0.2, 0) is 35.6 Å². The Morgan fingerprint density at radius 1 is 1.14 bits per heavy atom. The van der Waals surface area contributed by atoms with Crippen molar-refractivity contribution < 1.29 is 37.1 Å². The Labute approximate surface area is 286 Å². The second kappa shape index (κ2) is 13.3. The van der Waals surface area contributed by atoms with Crippen molar-refractivity contribution in [2.75, 3.05) is 13.2 Å². The Morgan fingerprint density at radius 3 is 2.61 bits per heavy atom. The molecule has 0 spiro atoms. The molecule has 1 aromatic heterocycles. The van der Waals surface area contributed by atoms with Crippen LogP contribution in [0.15, 0.2) is 43.1 Å². The highest BCUT2D eigenvalue weighted by molar-refractivity contribution is 7.91. The number of aromatic nitrogens is 1. The van der Waals surface area contributed by atoms with Crippen molar-refractivity contribution in [2.24, 2.45) is 11.3 Å². The van der Waals surface area contributed by atoms with Crippen LogP contribution < -0.4 is 20.1 Å². The second-order valence-electron chi connectivity index (χ2n) is 14.7. The monoisotopic (exact) mass is 695 g/mol. The topological polar surface area (TPSA) is 173 Å². The van der Waals surface area contributed by atoms with E-state index >= 15 is 0 Å². The average Bonchev–Trinajstić information content (AvgIpc) is 3.97. The predicted molar refractivity (Wildman–Crippen MR) is 181 cm³/mol. The molecule has 4 aliphatic rings. The summed E-state index contributed by atoms with van der Waals surface area (Å²) in [6, 6.07) is 5.85. The van der Waals surface area contributed by atoms with Gasteiger partial charge in [-0.2, -0.15) is 0 Å². The van der Waals surface area contributed by atoms with E-state index in [9.17, 15) is 27.6 Å². The molecule has 4 bridgehead atoms. The molecule has 13 nitrogen and oxygen atoms in total. The minimum absolute atomic E-state index is 0.00186. The van der Waals surface area contributed by atoms with Crippen LogP contribution in [0.3, 0.4) is 0 Å². The van der Waals surface area contributed by atoms with Crippen LogP contribution in [0.1, 0.15) is 71.3 Å². The van der Waals surface area contributed by atoms with Gasteiger partial charge in [-0.25, -0.2) is 18.2 Å². The zero-order chi connectivity index (χ0) is 35.1. The molecule has 4 amide bonds. The standard InChI is InChI=1S/C35H45N5O8S/c1-5-23-19-35(23,32(43)39-49(45,46)25-12-13-25)38-29(41)27-18-24-20-40(27)31(42)28(34(2,3)4)37-33(44)47-16-8-6-7-9-21-10-11-22-14-15-36-30(48-24)26(22)17-21/h5,10-11,14-15,17,23-25,27-28H,1,6-9,12-13,16,18-20H2,2-4H3,(H,37,44)(H,38,41)(H,39,43)/t23-,24-,27+,28-,35?/m1/s1. The van der Waals surface area contributed by atoms with Crippen molar-refractivity contribution in [3.63, 3.8) is 0 Å². The quantitative estimate of drug-likeness (QED) is 0.384. The van der Waals surface area contributed by atoms with Crippen molar-refractivity contribution in [1.29, 1.82) is 0 Å². The normalized spacial score (nSPS) is 28.0. The number of nitrogens with zero attached hydrogens (tertiary/aromatic N) is 2. The lowest BCUT2D eigenvalue weighted by molar-refractivity contribution is -0.142. The van der Waals surface area contributed by atoms with Crippen molar-refractivity contribution in [2.45, 2.75) is 101 Å². The molecule has 1 unspecified atom stereocenters. The summed E-state index contributed by atoms with van der Waals surface area (Å²) in [6.45, 7) is 9.37. The van der Waals surface area contributed by atoms with Gasteiger partial charge in [-0.1, -0.05) is 39.0 Å². The van der Waals surface area contributed by atoms with E-state index in [0.717, 1.165) is 35.6 Å². The van der Waals surface area contributed by atoms with Crippen LogP contribution in [0.4, 0.5) is 4.79 Å². The molecule has 2 aromatic rings. The third kappa shape index (κ3) is 7.38. The SMILES string of the molecule is C=C[C@@H]1CC1(NC(=O)[C@@H]1C[C@@H]2CN1C(=O)[C@H](C(C)(C)C)NC(=O)OCCCCCc1ccc3ccnc(c3c1)O2)C(=O)NS(=O)(=O)C1CC1. The number of amides is 4. The minimum Gasteiger partial charge on any atom is -0.472 e. The number of sulfonamides is 1. The van der Waals surface area contributed by atoms with Gasteiger partial charge in [0.1, 0.15) is 23.7 Å². The molecule has 3 heterocycles. The summed E-state index contributed by atoms with van der Waals surface area (Å²) in [5.74, 6) is -2.11. The zero-order valence-corrected chi connectivity index (χ0v) is 29.0. The van der Waals surface area contributed by atoms with Crippen LogP contribution >= 0.6 is 0 Å². The number of pyridine rings is 1. The highest BCUT2D eigenvalue weighted by Gasteiger charge is 2.62. The van der Waals surface area contributed by atoms with E-state index in [4.69, 9.17) is 9.47 Å². The molecule has 14 heteroatoms. The molecular weight excluding hydrogens is 650 g/mol. The third-order valence-corrected chi connectivity index (χ3v) is 11.7. The number of carbonyl (C=O) groups excluding carboxylic acids is 4. The summed E-state index contributed by atoms with van der Waals surface area (Å²) < 4.78 is 39.3. The molecule has 2 aliphatic carbocycles. The molecule has 1 aromatic carbocycles. The summed E-state index contributed by atoms with van der Waals surface area (Å²) in [6.07, 6.45) is 6.14. The van der Waals surface area contributed by atoms with Gasteiger partial charge in [0.2, 0.25) is 27.7 Å². The van der Waals surface area contributed by atoms with Crippen molar-refractivity contribution in [3.05, 3.63) is 48.7 Å². The molecule has 3 N–H and O–H groups in total. The number of carbonyl (C=O) groups is 4. The molecule has 3 fully saturated rings. The number of fused-ring (bicyclic) bond motifs is 3. The Bertz CT molecular complexity index is 1770. The number of aryl methyl sites for hydroxylation is 1.